The van der Waals surface area contributed by atoms with Crippen LogP contribution >= 0.6 is 11.6 Å². The Labute approximate surface area is 75.3 Å². The van der Waals surface area contributed by atoms with E-state index in [1.54, 1.807) is 0 Å². The first-order valence-electron chi connectivity index (χ1n) is 3.59. The number of carbonyl (C=O) groups excluding carboxylic acids is 1. The van der Waals surface area contributed by atoms with Gasteiger partial charge in [0.05, 0.1) is 11.8 Å². The van der Waals surface area contributed by atoms with E-state index in [0.29, 0.717) is 11.4 Å². The summed E-state index contributed by atoms with van der Waals surface area (Å²) in [5, 5.41) is 8.92. The van der Waals surface area contributed by atoms with Crippen LogP contribution in [0.5, 0.6) is 0 Å². The second kappa shape index (κ2) is 4.11. The minimum absolute atomic E-state index is 0.0194. The smallest absolute Gasteiger partial charge is 0.254 e. The van der Waals surface area contributed by atoms with Crippen LogP contribution in [0.2, 0.25) is 0 Å². The van der Waals surface area contributed by atoms with E-state index in [1.165, 1.54) is 12.4 Å². The molecule has 1 heterocycles. The number of carbonyl (C=O) groups is 1. The molecule has 0 aromatic carbocycles. The van der Waals surface area contributed by atoms with Gasteiger partial charge in [-0.05, 0) is 6.92 Å². The van der Waals surface area contributed by atoms with Crippen molar-refractivity contribution in [2.24, 2.45) is 0 Å². The third-order valence-electron chi connectivity index (χ3n) is 1.37. The third-order valence-corrected chi connectivity index (χ3v) is 1.83. The molecular formula is C7H10ClN3O. The van der Waals surface area contributed by atoms with Crippen molar-refractivity contribution >= 4 is 17.5 Å². The number of H-pyrrole nitrogens is 1. The van der Waals surface area contributed by atoms with Gasteiger partial charge in [-0.2, -0.15) is 5.10 Å². The lowest BCUT2D eigenvalue weighted by Crippen LogP contribution is -2.33. The molecule has 0 aliphatic carbocycles. The van der Waals surface area contributed by atoms with Gasteiger partial charge in [0.2, 0.25) is 0 Å². The Morgan fingerprint density at radius 3 is 3.17 bits per heavy atom. The fraction of sp³-hybridized carbons (Fsp3) is 0.429. The van der Waals surface area contributed by atoms with E-state index in [4.69, 9.17) is 11.6 Å². The number of alkyl halides is 1. The molecule has 1 unspecified atom stereocenters. The summed E-state index contributed by atoms with van der Waals surface area (Å²) in [5.41, 5.74) is 0.520. The molecule has 5 heteroatoms. The van der Waals surface area contributed by atoms with Gasteiger partial charge in [0, 0.05) is 18.1 Å². The standard InChI is InChI=1S/C7H10ClN3O/c1-5(2-8)11-7(12)6-3-9-10-4-6/h3-5H,2H2,1H3,(H,9,10)(H,11,12). The molecule has 0 aliphatic heterocycles. The van der Waals surface area contributed by atoms with Gasteiger partial charge in [-0.25, -0.2) is 0 Å². The van der Waals surface area contributed by atoms with Crippen molar-refractivity contribution in [1.82, 2.24) is 15.5 Å². The molecular weight excluding hydrogens is 178 g/mol. The van der Waals surface area contributed by atoms with Crippen molar-refractivity contribution in [3.05, 3.63) is 18.0 Å². The largest absolute Gasteiger partial charge is 0.348 e. The molecule has 0 aliphatic rings. The highest BCUT2D eigenvalue weighted by atomic mass is 35.5. The predicted molar refractivity (Wildman–Crippen MR) is 46.2 cm³/mol. The summed E-state index contributed by atoms with van der Waals surface area (Å²) in [5.74, 6) is 0.251. The molecule has 1 aromatic heterocycles. The molecule has 12 heavy (non-hydrogen) atoms. The Bertz CT molecular complexity index is 247. The molecule has 0 saturated carbocycles. The highest BCUT2D eigenvalue weighted by Gasteiger charge is 2.08. The zero-order chi connectivity index (χ0) is 8.97. The van der Waals surface area contributed by atoms with E-state index < -0.39 is 0 Å². The molecule has 66 valence electrons. The molecule has 1 atom stereocenters. The third kappa shape index (κ3) is 2.23. The van der Waals surface area contributed by atoms with Crippen molar-refractivity contribution < 1.29 is 4.79 Å². The number of aromatic amines is 1. The summed E-state index contributed by atoms with van der Waals surface area (Å²) in [7, 11) is 0. The maximum Gasteiger partial charge on any atom is 0.254 e. The van der Waals surface area contributed by atoms with Crippen molar-refractivity contribution in [3.8, 4) is 0 Å². The summed E-state index contributed by atoms with van der Waals surface area (Å²) in [4.78, 5) is 11.2. The highest BCUT2D eigenvalue weighted by Crippen LogP contribution is 1.95. The zero-order valence-corrected chi connectivity index (χ0v) is 7.43. The van der Waals surface area contributed by atoms with Gasteiger partial charge >= 0.3 is 0 Å². The van der Waals surface area contributed by atoms with Gasteiger partial charge < -0.3 is 5.32 Å². The highest BCUT2D eigenvalue weighted by molar-refractivity contribution is 6.18. The van der Waals surface area contributed by atoms with Crippen LogP contribution < -0.4 is 5.32 Å². The first-order chi connectivity index (χ1) is 5.74. The van der Waals surface area contributed by atoms with Crippen LogP contribution in [-0.4, -0.2) is 28.0 Å². The quantitative estimate of drug-likeness (QED) is 0.687. The summed E-state index contributed by atoms with van der Waals surface area (Å²) < 4.78 is 0. The Morgan fingerprint density at radius 2 is 2.67 bits per heavy atom. The fourth-order valence-electron chi connectivity index (χ4n) is 0.721. The van der Waals surface area contributed by atoms with Gasteiger partial charge in [-0.15, -0.1) is 11.6 Å². The van der Waals surface area contributed by atoms with E-state index in [9.17, 15) is 4.79 Å². The van der Waals surface area contributed by atoms with Gasteiger partial charge in [0.1, 0.15) is 0 Å². The van der Waals surface area contributed by atoms with Crippen LogP contribution in [0.3, 0.4) is 0 Å². The monoisotopic (exact) mass is 187 g/mol. The molecule has 0 saturated heterocycles. The van der Waals surface area contributed by atoms with Crippen molar-refractivity contribution in [1.29, 1.82) is 0 Å². The number of hydrogen-bond donors (Lipinski definition) is 2. The fourth-order valence-corrected chi connectivity index (χ4v) is 0.798. The number of rotatable bonds is 3. The average molecular weight is 188 g/mol. The lowest BCUT2D eigenvalue weighted by molar-refractivity contribution is 0.0943. The molecule has 4 nitrogen and oxygen atoms in total. The van der Waals surface area contributed by atoms with Gasteiger partial charge in [0.25, 0.3) is 5.91 Å². The van der Waals surface area contributed by atoms with E-state index >= 15 is 0 Å². The van der Waals surface area contributed by atoms with Gasteiger partial charge in [-0.3, -0.25) is 9.89 Å². The molecule has 1 amide bonds. The Morgan fingerprint density at radius 1 is 1.92 bits per heavy atom. The Balaban J connectivity index is 2.50. The maximum absolute atomic E-state index is 11.2. The summed E-state index contributed by atoms with van der Waals surface area (Å²) >= 11 is 5.52. The number of aromatic nitrogens is 2. The molecule has 0 bridgehead atoms. The molecule has 0 spiro atoms. The number of amides is 1. The summed E-state index contributed by atoms with van der Waals surface area (Å²) in [6, 6.07) is -0.0194. The lowest BCUT2D eigenvalue weighted by Gasteiger charge is -2.08. The lowest BCUT2D eigenvalue weighted by atomic mass is 10.3. The first kappa shape index (κ1) is 9.06. The predicted octanol–water partition coefficient (Wildman–Crippen LogP) is 0.767. The topological polar surface area (TPSA) is 57.8 Å². The van der Waals surface area contributed by atoms with E-state index in [0.717, 1.165) is 0 Å². The maximum atomic E-state index is 11.2. The second-order valence-electron chi connectivity index (χ2n) is 2.52. The summed E-state index contributed by atoms with van der Waals surface area (Å²) in [6.45, 7) is 1.84. The minimum atomic E-state index is -0.156. The number of hydrogen-bond acceptors (Lipinski definition) is 2. The van der Waals surface area contributed by atoms with E-state index in [2.05, 4.69) is 15.5 Å². The zero-order valence-electron chi connectivity index (χ0n) is 6.67. The molecule has 0 radical (unpaired) electrons. The van der Waals surface area contributed by atoms with Crippen molar-refractivity contribution in [3.63, 3.8) is 0 Å². The van der Waals surface area contributed by atoms with Gasteiger partial charge in [-0.1, -0.05) is 0 Å². The van der Waals surface area contributed by atoms with Gasteiger partial charge in [0.15, 0.2) is 0 Å². The Kier molecular flexibility index (Phi) is 3.10. The van der Waals surface area contributed by atoms with Crippen LogP contribution in [0.25, 0.3) is 0 Å². The minimum Gasteiger partial charge on any atom is -0.348 e. The Hall–Kier alpha value is -1.03. The van der Waals surface area contributed by atoms with E-state index in [-0.39, 0.29) is 11.9 Å². The molecule has 0 fully saturated rings. The van der Waals surface area contributed by atoms with Crippen LogP contribution in [0.4, 0.5) is 0 Å². The molecule has 1 aromatic rings. The second-order valence-corrected chi connectivity index (χ2v) is 2.82. The number of nitrogens with one attached hydrogen (secondary N) is 2. The molecule has 2 N–H and O–H groups in total. The average Bonchev–Trinajstić information content (AvgIpc) is 2.56. The van der Waals surface area contributed by atoms with Crippen LogP contribution in [0.1, 0.15) is 17.3 Å². The normalized spacial score (nSPS) is 12.5. The first-order valence-corrected chi connectivity index (χ1v) is 4.13. The number of nitrogens with zero attached hydrogens (tertiary/aromatic N) is 1. The van der Waals surface area contributed by atoms with E-state index in [1.807, 2.05) is 6.92 Å². The van der Waals surface area contributed by atoms with Crippen LogP contribution in [0.15, 0.2) is 12.4 Å². The van der Waals surface area contributed by atoms with Crippen molar-refractivity contribution in [2.75, 3.05) is 5.88 Å². The summed E-state index contributed by atoms with van der Waals surface area (Å²) in [6.07, 6.45) is 3.01. The molecule has 1 rings (SSSR count). The SMILES string of the molecule is CC(CCl)NC(=O)c1cn[nH]c1. The van der Waals surface area contributed by atoms with Crippen LogP contribution in [0, 0.1) is 0 Å². The van der Waals surface area contributed by atoms with Crippen molar-refractivity contribution in [2.45, 2.75) is 13.0 Å². The number of halogens is 1. The van der Waals surface area contributed by atoms with Crippen LogP contribution in [-0.2, 0) is 0 Å².